The lowest BCUT2D eigenvalue weighted by atomic mass is 10.0. The Morgan fingerprint density at radius 3 is 1.84 bits per heavy atom. The summed E-state index contributed by atoms with van der Waals surface area (Å²) >= 11 is 0. The van der Waals surface area contributed by atoms with Gasteiger partial charge in [-0.05, 0) is 60.2 Å². The second-order valence-electron chi connectivity index (χ2n) is 8.00. The van der Waals surface area contributed by atoms with Crippen molar-refractivity contribution in [2.75, 3.05) is 69.2 Å². The SMILES string of the molecule is COc1ccc(N2CCN(c3ccc(OC)cc3-c3ccc(N(C)C)cc3)CC2)cc1. The fourth-order valence-corrected chi connectivity index (χ4v) is 4.09. The number of ether oxygens (including phenoxy) is 2. The molecule has 3 aromatic carbocycles. The molecule has 5 nitrogen and oxygen atoms in total. The number of nitrogens with zero attached hydrogens (tertiary/aromatic N) is 3. The summed E-state index contributed by atoms with van der Waals surface area (Å²) in [6.45, 7) is 3.91. The zero-order valence-corrected chi connectivity index (χ0v) is 18.8. The molecule has 0 bridgehead atoms. The molecule has 0 unspecified atom stereocenters. The number of hydrogen-bond acceptors (Lipinski definition) is 5. The lowest BCUT2D eigenvalue weighted by molar-refractivity contribution is 0.414. The van der Waals surface area contributed by atoms with Gasteiger partial charge in [0.2, 0.25) is 0 Å². The molecule has 1 fully saturated rings. The van der Waals surface area contributed by atoms with Gasteiger partial charge in [-0.25, -0.2) is 0 Å². The molecule has 0 amide bonds. The van der Waals surface area contributed by atoms with Crippen molar-refractivity contribution in [1.82, 2.24) is 0 Å². The van der Waals surface area contributed by atoms with Crippen LogP contribution in [-0.4, -0.2) is 54.5 Å². The van der Waals surface area contributed by atoms with Crippen LogP contribution in [0.3, 0.4) is 0 Å². The largest absolute Gasteiger partial charge is 0.497 e. The molecule has 0 aromatic heterocycles. The highest BCUT2D eigenvalue weighted by atomic mass is 16.5. The lowest BCUT2D eigenvalue weighted by Crippen LogP contribution is -2.46. The molecule has 1 saturated heterocycles. The summed E-state index contributed by atoms with van der Waals surface area (Å²) in [6, 6.07) is 23.5. The molecular formula is C26H31N3O2. The van der Waals surface area contributed by atoms with Gasteiger partial charge in [0.05, 0.1) is 14.2 Å². The molecule has 31 heavy (non-hydrogen) atoms. The minimum absolute atomic E-state index is 0.882. The van der Waals surface area contributed by atoms with Gasteiger partial charge in [-0.2, -0.15) is 0 Å². The van der Waals surface area contributed by atoms with Gasteiger partial charge < -0.3 is 24.2 Å². The van der Waals surface area contributed by atoms with Gasteiger partial charge in [0.15, 0.2) is 0 Å². The second-order valence-corrected chi connectivity index (χ2v) is 8.00. The fourth-order valence-electron chi connectivity index (χ4n) is 4.09. The summed E-state index contributed by atoms with van der Waals surface area (Å²) in [6.07, 6.45) is 0. The maximum atomic E-state index is 5.53. The van der Waals surface area contributed by atoms with E-state index in [-0.39, 0.29) is 0 Å². The molecule has 0 aliphatic carbocycles. The van der Waals surface area contributed by atoms with Crippen LogP contribution in [0.5, 0.6) is 11.5 Å². The lowest BCUT2D eigenvalue weighted by Gasteiger charge is -2.38. The normalized spacial score (nSPS) is 13.8. The second kappa shape index (κ2) is 9.21. The Bertz CT molecular complexity index is 992. The Hall–Kier alpha value is -3.34. The Balaban J connectivity index is 1.55. The first-order valence-corrected chi connectivity index (χ1v) is 10.7. The molecular weight excluding hydrogens is 386 g/mol. The molecule has 1 aliphatic rings. The number of rotatable bonds is 6. The van der Waals surface area contributed by atoms with Crippen molar-refractivity contribution >= 4 is 17.1 Å². The summed E-state index contributed by atoms with van der Waals surface area (Å²) in [5.74, 6) is 1.78. The van der Waals surface area contributed by atoms with Crippen molar-refractivity contribution < 1.29 is 9.47 Å². The first-order valence-electron chi connectivity index (χ1n) is 10.7. The number of piperazine rings is 1. The van der Waals surface area contributed by atoms with E-state index in [1.165, 1.54) is 28.2 Å². The van der Waals surface area contributed by atoms with Crippen molar-refractivity contribution in [3.8, 4) is 22.6 Å². The van der Waals surface area contributed by atoms with E-state index in [4.69, 9.17) is 9.47 Å². The van der Waals surface area contributed by atoms with Gasteiger partial charge in [0.1, 0.15) is 11.5 Å². The quantitative estimate of drug-likeness (QED) is 0.576. The molecule has 1 heterocycles. The van der Waals surface area contributed by atoms with Gasteiger partial charge in [-0.15, -0.1) is 0 Å². The third-order valence-electron chi connectivity index (χ3n) is 5.96. The molecule has 0 atom stereocenters. The minimum atomic E-state index is 0.882. The van der Waals surface area contributed by atoms with Crippen molar-refractivity contribution in [3.05, 3.63) is 66.7 Å². The average molecular weight is 418 g/mol. The zero-order chi connectivity index (χ0) is 21.8. The van der Waals surface area contributed by atoms with E-state index >= 15 is 0 Å². The summed E-state index contributed by atoms with van der Waals surface area (Å²) in [5, 5.41) is 0. The van der Waals surface area contributed by atoms with Crippen molar-refractivity contribution in [2.24, 2.45) is 0 Å². The van der Waals surface area contributed by atoms with Gasteiger partial charge in [-0.3, -0.25) is 0 Å². The van der Waals surface area contributed by atoms with Crippen LogP contribution < -0.4 is 24.2 Å². The molecule has 0 N–H and O–H groups in total. The minimum Gasteiger partial charge on any atom is -0.497 e. The number of methoxy groups -OCH3 is 2. The van der Waals surface area contributed by atoms with Crippen LogP contribution in [0.4, 0.5) is 17.1 Å². The van der Waals surface area contributed by atoms with Crippen LogP contribution >= 0.6 is 0 Å². The highest BCUT2D eigenvalue weighted by Crippen LogP contribution is 2.36. The highest BCUT2D eigenvalue weighted by Gasteiger charge is 2.20. The monoisotopic (exact) mass is 417 g/mol. The smallest absolute Gasteiger partial charge is 0.119 e. The van der Waals surface area contributed by atoms with Crippen LogP contribution in [0.25, 0.3) is 11.1 Å². The Morgan fingerprint density at radius 1 is 0.677 bits per heavy atom. The van der Waals surface area contributed by atoms with Gasteiger partial charge in [0.25, 0.3) is 0 Å². The maximum Gasteiger partial charge on any atom is 0.119 e. The van der Waals surface area contributed by atoms with E-state index in [0.29, 0.717) is 0 Å². The average Bonchev–Trinajstić information content (AvgIpc) is 2.84. The summed E-state index contributed by atoms with van der Waals surface area (Å²) in [7, 11) is 7.55. The van der Waals surface area contributed by atoms with E-state index in [2.05, 4.69) is 83.4 Å². The van der Waals surface area contributed by atoms with E-state index in [1.54, 1.807) is 14.2 Å². The van der Waals surface area contributed by atoms with E-state index < -0.39 is 0 Å². The van der Waals surface area contributed by atoms with Crippen molar-refractivity contribution in [3.63, 3.8) is 0 Å². The number of hydrogen-bond donors (Lipinski definition) is 0. The van der Waals surface area contributed by atoms with Crippen molar-refractivity contribution in [2.45, 2.75) is 0 Å². The van der Waals surface area contributed by atoms with Crippen LogP contribution in [0.1, 0.15) is 0 Å². The Kier molecular flexibility index (Phi) is 6.21. The molecule has 3 aromatic rings. The highest BCUT2D eigenvalue weighted by molar-refractivity contribution is 5.81. The van der Waals surface area contributed by atoms with Crippen LogP contribution in [0.2, 0.25) is 0 Å². The predicted molar refractivity (Wildman–Crippen MR) is 130 cm³/mol. The molecule has 0 spiro atoms. The molecule has 5 heteroatoms. The van der Waals surface area contributed by atoms with Crippen LogP contribution in [0.15, 0.2) is 66.7 Å². The van der Waals surface area contributed by atoms with Gasteiger partial charge >= 0.3 is 0 Å². The van der Waals surface area contributed by atoms with Crippen LogP contribution in [0, 0.1) is 0 Å². The third kappa shape index (κ3) is 4.55. The van der Waals surface area contributed by atoms with E-state index in [1.807, 2.05) is 12.1 Å². The zero-order valence-electron chi connectivity index (χ0n) is 18.8. The van der Waals surface area contributed by atoms with Gasteiger partial charge in [0, 0.05) is 62.9 Å². The standard InChI is InChI=1S/C26H31N3O2/c1-27(2)21-7-5-20(6-8-21)25-19-24(31-4)13-14-26(25)29-17-15-28(16-18-29)22-9-11-23(30-3)12-10-22/h5-14,19H,15-18H2,1-4H3. The van der Waals surface area contributed by atoms with E-state index in [9.17, 15) is 0 Å². The molecule has 1 aliphatic heterocycles. The Morgan fingerprint density at radius 2 is 1.26 bits per heavy atom. The number of anilines is 3. The molecule has 0 saturated carbocycles. The van der Waals surface area contributed by atoms with E-state index in [0.717, 1.165) is 37.7 Å². The molecule has 4 rings (SSSR count). The summed E-state index contributed by atoms with van der Waals surface area (Å²) in [4.78, 5) is 7.04. The molecule has 162 valence electrons. The topological polar surface area (TPSA) is 28.2 Å². The Labute approximate surface area is 185 Å². The summed E-state index contributed by atoms with van der Waals surface area (Å²) < 4.78 is 10.8. The third-order valence-corrected chi connectivity index (χ3v) is 5.96. The first-order chi connectivity index (χ1) is 15.1. The predicted octanol–water partition coefficient (Wildman–Crippen LogP) is 4.76. The first kappa shape index (κ1) is 20.9. The van der Waals surface area contributed by atoms with Crippen LogP contribution in [-0.2, 0) is 0 Å². The van der Waals surface area contributed by atoms with Crippen molar-refractivity contribution in [1.29, 1.82) is 0 Å². The fraction of sp³-hybridized carbons (Fsp3) is 0.308. The number of benzene rings is 3. The maximum absolute atomic E-state index is 5.53. The summed E-state index contributed by atoms with van der Waals surface area (Å²) in [5.41, 5.74) is 6.11. The molecule has 0 radical (unpaired) electrons. The van der Waals surface area contributed by atoms with Gasteiger partial charge in [-0.1, -0.05) is 12.1 Å².